The lowest BCUT2D eigenvalue weighted by atomic mass is 9.92. The average Bonchev–Trinajstić information content (AvgIpc) is 2.68. The summed E-state index contributed by atoms with van der Waals surface area (Å²) in [4.78, 5) is 26.0. The van der Waals surface area contributed by atoms with E-state index in [0.717, 1.165) is 21.9 Å². The monoisotopic (exact) mass is 361 g/mol. The fourth-order valence-electron chi connectivity index (χ4n) is 3.29. The Hall–Kier alpha value is -3.14. The second-order valence-electron chi connectivity index (χ2n) is 6.82. The van der Waals surface area contributed by atoms with Crippen LogP contribution in [0.4, 0.5) is 0 Å². The van der Waals surface area contributed by atoms with Gasteiger partial charge >= 0.3 is 5.97 Å². The maximum absolute atomic E-state index is 12.6. The van der Waals surface area contributed by atoms with Gasteiger partial charge in [0.05, 0.1) is 5.92 Å². The molecular formula is C23H23NO3. The van der Waals surface area contributed by atoms with E-state index in [-0.39, 0.29) is 12.3 Å². The predicted molar refractivity (Wildman–Crippen MR) is 106 cm³/mol. The van der Waals surface area contributed by atoms with Gasteiger partial charge in [0.15, 0.2) is 0 Å². The molecule has 27 heavy (non-hydrogen) atoms. The van der Waals surface area contributed by atoms with Gasteiger partial charge in [0.2, 0.25) is 5.91 Å². The molecule has 4 nitrogen and oxygen atoms in total. The summed E-state index contributed by atoms with van der Waals surface area (Å²) in [6.45, 7) is 0.473. The van der Waals surface area contributed by atoms with Crippen molar-refractivity contribution in [3.8, 4) is 0 Å². The highest BCUT2D eigenvalue weighted by Crippen LogP contribution is 2.23. The highest BCUT2D eigenvalue weighted by molar-refractivity contribution is 5.87. The van der Waals surface area contributed by atoms with E-state index in [4.69, 9.17) is 0 Å². The molecule has 0 fully saturated rings. The molecule has 3 aromatic rings. The molecule has 0 aliphatic carbocycles. The average molecular weight is 361 g/mol. The maximum atomic E-state index is 12.6. The molecule has 0 heterocycles. The number of hydrogen-bond donors (Lipinski definition) is 1. The Labute approximate surface area is 159 Å². The van der Waals surface area contributed by atoms with Crippen molar-refractivity contribution in [3.05, 3.63) is 83.9 Å². The Bertz CT molecular complexity index is 931. The van der Waals surface area contributed by atoms with Gasteiger partial charge in [0.1, 0.15) is 0 Å². The number of carbonyl (C=O) groups is 2. The molecule has 138 valence electrons. The van der Waals surface area contributed by atoms with Crippen LogP contribution in [-0.2, 0) is 22.6 Å². The zero-order chi connectivity index (χ0) is 19.2. The first-order valence-corrected chi connectivity index (χ1v) is 9.02. The second-order valence-corrected chi connectivity index (χ2v) is 6.82. The Balaban J connectivity index is 1.72. The molecule has 0 aromatic heterocycles. The number of fused-ring (bicyclic) bond motifs is 1. The van der Waals surface area contributed by atoms with Gasteiger partial charge in [-0.05, 0) is 28.3 Å². The third kappa shape index (κ3) is 4.73. The van der Waals surface area contributed by atoms with Gasteiger partial charge in [0, 0.05) is 20.0 Å². The first kappa shape index (κ1) is 18.6. The number of benzene rings is 3. The summed E-state index contributed by atoms with van der Waals surface area (Å²) < 4.78 is 0. The molecule has 0 radical (unpaired) electrons. The van der Waals surface area contributed by atoms with Crippen molar-refractivity contribution >= 4 is 22.6 Å². The lowest BCUT2D eigenvalue weighted by Gasteiger charge is -2.20. The Morgan fingerprint density at radius 2 is 1.59 bits per heavy atom. The van der Waals surface area contributed by atoms with E-state index in [0.29, 0.717) is 13.0 Å². The lowest BCUT2D eigenvalue weighted by Crippen LogP contribution is -2.31. The van der Waals surface area contributed by atoms with E-state index >= 15 is 0 Å². The first-order chi connectivity index (χ1) is 13.0. The Morgan fingerprint density at radius 3 is 2.33 bits per heavy atom. The van der Waals surface area contributed by atoms with E-state index in [1.807, 2.05) is 72.8 Å². The van der Waals surface area contributed by atoms with Gasteiger partial charge in [0.25, 0.3) is 0 Å². The summed E-state index contributed by atoms with van der Waals surface area (Å²) in [5.41, 5.74) is 1.98. The quantitative estimate of drug-likeness (QED) is 0.688. The van der Waals surface area contributed by atoms with Crippen molar-refractivity contribution < 1.29 is 14.7 Å². The van der Waals surface area contributed by atoms with Crippen LogP contribution in [0.15, 0.2) is 72.8 Å². The van der Waals surface area contributed by atoms with E-state index < -0.39 is 11.9 Å². The Kier molecular flexibility index (Phi) is 5.87. The van der Waals surface area contributed by atoms with Gasteiger partial charge in [-0.3, -0.25) is 9.59 Å². The van der Waals surface area contributed by atoms with Crippen molar-refractivity contribution in [2.75, 3.05) is 7.05 Å². The normalized spacial score (nSPS) is 11.9. The fourth-order valence-corrected chi connectivity index (χ4v) is 3.29. The minimum Gasteiger partial charge on any atom is -0.481 e. The molecule has 1 atom stereocenters. The molecule has 0 aliphatic heterocycles. The number of carboxylic acid groups (broad SMARTS) is 1. The molecule has 3 aromatic carbocycles. The van der Waals surface area contributed by atoms with Crippen molar-refractivity contribution in [1.29, 1.82) is 0 Å². The molecule has 1 N–H and O–H groups in total. The Morgan fingerprint density at radius 1 is 0.926 bits per heavy atom. The third-order valence-electron chi connectivity index (χ3n) is 4.80. The lowest BCUT2D eigenvalue weighted by molar-refractivity contribution is -0.145. The van der Waals surface area contributed by atoms with Gasteiger partial charge in [-0.15, -0.1) is 0 Å². The van der Waals surface area contributed by atoms with Crippen molar-refractivity contribution in [1.82, 2.24) is 4.90 Å². The third-order valence-corrected chi connectivity index (χ3v) is 4.80. The van der Waals surface area contributed by atoms with Gasteiger partial charge < -0.3 is 10.0 Å². The number of rotatable bonds is 7. The second kappa shape index (κ2) is 8.49. The SMILES string of the molecule is CN(Cc1ccccc1)C(=O)CC(Cc1cccc2ccccc12)C(=O)O. The van der Waals surface area contributed by atoms with E-state index in [2.05, 4.69) is 0 Å². The summed E-state index contributed by atoms with van der Waals surface area (Å²) in [6, 6.07) is 23.5. The van der Waals surface area contributed by atoms with Crippen LogP contribution in [0.5, 0.6) is 0 Å². The molecule has 0 bridgehead atoms. The van der Waals surface area contributed by atoms with Crippen LogP contribution in [-0.4, -0.2) is 28.9 Å². The molecule has 0 aliphatic rings. The molecule has 0 spiro atoms. The molecule has 3 rings (SSSR count). The molecule has 1 unspecified atom stereocenters. The topological polar surface area (TPSA) is 57.6 Å². The van der Waals surface area contributed by atoms with E-state index in [1.165, 1.54) is 0 Å². The van der Waals surface area contributed by atoms with Crippen LogP contribution in [0.2, 0.25) is 0 Å². The number of carbonyl (C=O) groups excluding carboxylic acids is 1. The number of amides is 1. The minimum atomic E-state index is -0.940. The smallest absolute Gasteiger partial charge is 0.307 e. The van der Waals surface area contributed by atoms with Crippen molar-refractivity contribution in [2.24, 2.45) is 5.92 Å². The molecular weight excluding hydrogens is 338 g/mol. The number of nitrogens with zero attached hydrogens (tertiary/aromatic N) is 1. The predicted octanol–water partition coefficient (Wildman–Crippen LogP) is 4.13. The summed E-state index contributed by atoms with van der Waals surface area (Å²) in [6.07, 6.45) is 0.323. The zero-order valence-electron chi connectivity index (χ0n) is 15.3. The molecule has 4 heteroatoms. The largest absolute Gasteiger partial charge is 0.481 e. The van der Waals surface area contributed by atoms with Gasteiger partial charge in [-0.1, -0.05) is 72.8 Å². The van der Waals surface area contributed by atoms with Crippen molar-refractivity contribution in [3.63, 3.8) is 0 Å². The van der Waals surface area contributed by atoms with E-state index in [9.17, 15) is 14.7 Å². The minimum absolute atomic E-state index is 0.0120. The zero-order valence-corrected chi connectivity index (χ0v) is 15.3. The summed E-state index contributed by atoms with van der Waals surface area (Å²) >= 11 is 0. The number of aliphatic carboxylic acids is 1. The molecule has 0 saturated heterocycles. The fraction of sp³-hybridized carbons (Fsp3) is 0.217. The van der Waals surface area contributed by atoms with E-state index in [1.54, 1.807) is 11.9 Å². The van der Waals surface area contributed by atoms with Gasteiger partial charge in [-0.25, -0.2) is 0 Å². The number of carboxylic acids is 1. The summed E-state index contributed by atoms with van der Waals surface area (Å²) in [7, 11) is 1.71. The van der Waals surface area contributed by atoms with Crippen LogP contribution in [0.1, 0.15) is 17.5 Å². The number of hydrogen-bond acceptors (Lipinski definition) is 2. The van der Waals surface area contributed by atoms with Crippen molar-refractivity contribution in [2.45, 2.75) is 19.4 Å². The van der Waals surface area contributed by atoms with Crippen LogP contribution in [0.3, 0.4) is 0 Å². The highest BCUT2D eigenvalue weighted by atomic mass is 16.4. The first-order valence-electron chi connectivity index (χ1n) is 9.02. The van der Waals surface area contributed by atoms with Gasteiger partial charge in [-0.2, -0.15) is 0 Å². The molecule has 0 saturated carbocycles. The van der Waals surface area contributed by atoms with Crippen LogP contribution in [0, 0.1) is 5.92 Å². The van der Waals surface area contributed by atoms with Crippen LogP contribution in [0.25, 0.3) is 10.8 Å². The molecule has 1 amide bonds. The highest BCUT2D eigenvalue weighted by Gasteiger charge is 2.24. The maximum Gasteiger partial charge on any atom is 0.307 e. The van der Waals surface area contributed by atoms with Crippen LogP contribution >= 0.6 is 0 Å². The summed E-state index contributed by atoms with van der Waals surface area (Å²) in [5, 5.41) is 11.8. The summed E-state index contributed by atoms with van der Waals surface area (Å²) in [5.74, 6) is -1.85. The standard InChI is InChI=1S/C23H23NO3/c1-24(16-17-8-3-2-4-9-17)22(25)15-20(23(26)27)14-19-12-7-11-18-10-5-6-13-21(18)19/h2-13,20H,14-16H2,1H3,(H,26,27). The van der Waals surface area contributed by atoms with Crippen LogP contribution < -0.4 is 0 Å².